The molecule has 1 aliphatic heterocycles. The van der Waals surface area contributed by atoms with E-state index in [1.807, 2.05) is 6.07 Å². The average Bonchev–Trinajstić information content (AvgIpc) is 3.09. The maximum atomic E-state index is 12.0. The van der Waals surface area contributed by atoms with Crippen LogP contribution in [0, 0.1) is 0 Å². The number of nitrogens with one attached hydrogen (secondary N) is 1. The molecule has 1 heterocycles. The van der Waals surface area contributed by atoms with Crippen LogP contribution in [0.15, 0.2) is 41.5 Å². The summed E-state index contributed by atoms with van der Waals surface area (Å²) in [6, 6.07) is 10.7. The Balaban J connectivity index is 1.59. The molecule has 2 aromatic carbocycles. The van der Waals surface area contributed by atoms with Crippen molar-refractivity contribution in [2.75, 3.05) is 21.0 Å². The monoisotopic (exact) mass is 342 g/mol. The van der Waals surface area contributed by atoms with E-state index in [1.54, 1.807) is 44.6 Å². The first-order valence-electron chi connectivity index (χ1n) is 7.62. The van der Waals surface area contributed by atoms with Gasteiger partial charge in [-0.15, -0.1) is 0 Å². The van der Waals surface area contributed by atoms with Crippen molar-refractivity contribution < 1.29 is 23.7 Å². The predicted octanol–water partition coefficient (Wildman–Crippen LogP) is 2.13. The molecule has 0 aromatic heterocycles. The van der Waals surface area contributed by atoms with Crippen LogP contribution in [-0.2, 0) is 11.2 Å². The van der Waals surface area contributed by atoms with Gasteiger partial charge in [-0.2, -0.15) is 5.10 Å². The van der Waals surface area contributed by atoms with E-state index in [-0.39, 0.29) is 19.1 Å². The summed E-state index contributed by atoms with van der Waals surface area (Å²) in [6.45, 7) is 0.207. The lowest BCUT2D eigenvalue weighted by Gasteiger charge is -2.07. The number of hydrogen-bond acceptors (Lipinski definition) is 6. The Hall–Kier alpha value is -3.22. The van der Waals surface area contributed by atoms with E-state index in [2.05, 4.69) is 10.5 Å². The number of methoxy groups -OCH3 is 2. The zero-order valence-corrected chi connectivity index (χ0v) is 13.9. The van der Waals surface area contributed by atoms with Crippen molar-refractivity contribution in [3.05, 3.63) is 47.5 Å². The lowest BCUT2D eigenvalue weighted by molar-refractivity contribution is -0.120. The minimum absolute atomic E-state index is 0.188. The molecule has 0 saturated carbocycles. The minimum Gasteiger partial charge on any atom is -0.497 e. The largest absolute Gasteiger partial charge is 0.497 e. The van der Waals surface area contributed by atoms with Gasteiger partial charge in [0.05, 0.1) is 26.9 Å². The number of benzene rings is 2. The summed E-state index contributed by atoms with van der Waals surface area (Å²) in [5, 5.41) is 3.97. The number of fused-ring (bicyclic) bond motifs is 1. The highest BCUT2D eigenvalue weighted by atomic mass is 16.7. The van der Waals surface area contributed by atoms with Gasteiger partial charge in [0.2, 0.25) is 12.7 Å². The van der Waals surface area contributed by atoms with E-state index >= 15 is 0 Å². The second-order valence-electron chi connectivity index (χ2n) is 5.27. The molecule has 0 bridgehead atoms. The highest BCUT2D eigenvalue weighted by Crippen LogP contribution is 2.32. The quantitative estimate of drug-likeness (QED) is 0.643. The van der Waals surface area contributed by atoms with Crippen molar-refractivity contribution in [3.8, 4) is 23.0 Å². The first-order valence-corrected chi connectivity index (χ1v) is 7.62. The Bertz CT molecular complexity index is 804. The Kier molecular flexibility index (Phi) is 5.03. The van der Waals surface area contributed by atoms with Gasteiger partial charge in [-0.25, -0.2) is 5.43 Å². The van der Waals surface area contributed by atoms with Gasteiger partial charge in [-0.3, -0.25) is 4.79 Å². The third kappa shape index (κ3) is 4.00. The summed E-state index contributed by atoms with van der Waals surface area (Å²) in [7, 11) is 3.14. The average molecular weight is 342 g/mol. The number of amides is 1. The molecule has 7 heteroatoms. The van der Waals surface area contributed by atoms with Crippen molar-refractivity contribution >= 4 is 12.1 Å². The zero-order valence-electron chi connectivity index (χ0n) is 13.9. The maximum Gasteiger partial charge on any atom is 0.244 e. The van der Waals surface area contributed by atoms with Gasteiger partial charge in [0.25, 0.3) is 0 Å². The molecule has 3 rings (SSSR count). The van der Waals surface area contributed by atoms with Gasteiger partial charge < -0.3 is 18.9 Å². The van der Waals surface area contributed by atoms with Gasteiger partial charge in [0, 0.05) is 11.6 Å². The van der Waals surface area contributed by atoms with Gasteiger partial charge >= 0.3 is 0 Å². The lowest BCUT2D eigenvalue weighted by Crippen LogP contribution is -2.19. The number of hydrogen-bond donors (Lipinski definition) is 1. The van der Waals surface area contributed by atoms with Crippen LogP contribution >= 0.6 is 0 Å². The summed E-state index contributed by atoms with van der Waals surface area (Å²) in [5.74, 6) is 2.39. The molecule has 1 aliphatic rings. The molecule has 0 spiro atoms. The highest BCUT2D eigenvalue weighted by molar-refractivity contribution is 5.86. The van der Waals surface area contributed by atoms with E-state index in [0.717, 1.165) is 11.1 Å². The number of nitrogens with zero attached hydrogens (tertiary/aromatic N) is 1. The fourth-order valence-corrected chi connectivity index (χ4v) is 2.37. The molecular formula is C18H18N2O5. The van der Waals surface area contributed by atoms with Crippen molar-refractivity contribution in [2.45, 2.75) is 6.42 Å². The first kappa shape index (κ1) is 16.6. The molecular weight excluding hydrogens is 324 g/mol. The number of carbonyl (C=O) groups excluding carboxylic acids is 1. The summed E-state index contributed by atoms with van der Waals surface area (Å²) in [6.07, 6.45) is 1.71. The lowest BCUT2D eigenvalue weighted by atomic mass is 10.1. The molecule has 25 heavy (non-hydrogen) atoms. The van der Waals surface area contributed by atoms with E-state index in [0.29, 0.717) is 23.0 Å². The molecule has 1 N–H and O–H groups in total. The normalized spacial score (nSPS) is 12.2. The van der Waals surface area contributed by atoms with Crippen LogP contribution in [0.3, 0.4) is 0 Å². The fourth-order valence-electron chi connectivity index (χ4n) is 2.37. The maximum absolute atomic E-state index is 12.0. The van der Waals surface area contributed by atoms with Crippen LogP contribution in [0.5, 0.6) is 23.0 Å². The summed E-state index contributed by atoms with van der Waals surface area (Å²) >= 11 is 0. The van der Waals surface area contributed by atoms with Gasteiger partial charge in [-0.1, -0.05) is 6.07 Å². The molecule has 0 unspecified atom stereocenters. The molecule has 2 aromatic rings. The van der Waals surface area contributed by atoms with E-state index in [1.165, 1.54) is 6.21 Å². The number of hydrazone groups is 1. The van der Waals surface area contributed by atoms with Gasteiger partial charge in [0.1, 0.15) is 11.5 Å². The van der Waals surface area contributed by atoms with Gasteiger partial charge in [-0.05, 0) is 29.8 Å². The summed E-state index contributed by atoms with van der Waals surface area (Å²) in [4.78, 5) is 12.0. The Morgan fingerprint density at radius 1 is 1.16 bits per heavy atom. The minimum atomic E-state index is -0.234. The van der Waals surface area contributed by atoms with Crippen LogP contribution in [0.25, 0.3) is 0 Å². The zero-order chi connectivity index (χ0) is 17.6. The standard InChI is InChI=1S/C18H18N2O5/c1-22-14-5-4-13(16(9-14)23-2)10-19-20-18(21)8-12-3-6-15-17(7-12)25-11-24-15/h3-7,9-10H,8,11H2,1-2H3,(H,20,21)/b19-10-. The molecule has 7 nitrogen and oxygen atoms in total. The van der Waals surface area contributed by atoms with Crippen molar-refractivity contribution in [3.63, 3.8) is 0 Å². The smallest absolute Gasteiger partial charge is 0.244 e. The Morgan fingerprint density at radius 2 is 2.00 bits per heavy atom. The van der Waals surface area contributed by atoms with Crippen molar-refractivity contribution in [1.82, 2.24) is 5.43 Å². The van der Waals surface area contributed by atoms with Crippen LogP contribution < -0.4 is 24.4 Å². The van der Waals surface area contributed by atoms with Crippen LogP contribution in [0.2, 0.25) is 0 Å². The third-order valence-electron chi connectivity index (χ3n) is 3.64. The number of ether oxygens (including phenoxy) is 4. The molecule has 0 aliphatic carbocycles. The predicted molar refractivity (Wildman–Crippen MR) is 91.6 cm³/mol. The summed E-state index contributed by atoms with van der Waals surface area (Å²) in [5.41, 5.74) is 4.05. The second kappa shape index (κ2) is 7.57. The van der Waals surface area contributed by atoms with E-state index in [4.69, 9.17) is 18.9 Å². The Morgan fingerprint density at radius 3 is 2.80 bits per heavy atom. The van der Waals surface area contributed by atoms with Crippen LogP contribution in [-0.4, -0.2) is 33.1 Å². The van der Waals surface area contributed by atoms with E-state index in [9.17, 15) is 4.79 Å². The second-order valence-corrected chi connectivity index (χ2v) is 5.27. The molecule has 0 saturated heterocycles. The molecule has 0 fully saturated rings. The molecule has 130 valence electrons. The third-order valence-corrected chi connectivity index (χ3v) is 3.64. The van der Waals surface area contributed by atoms with Crippen LogP contribution in [0.4, 0.5) is 0 Å². The van der Waals surface area contributed by atoms with E-state index < -0.39 is 0 Å². The van der Waals surface area contributed by atoms with Gasteiger partial charge in [0.15, 0.2) is 11.5 Å². The Labute approximate surface area is 145 Å². The SMILES string of the molecule is COc1ccc(/C=N\NC(=O)Cc2ccc3c(c2)OCO3)c(OC)c1. The first-order chi connectivity index (χ1) is 12.2. The molecule has 0 atom stereocenters. The highest BCUT2D eigenvalue weighted by Gasteiger charge is 2.14. The molecule has 0 radical (unpaired) electrons. The van der Waals surface area contributed by atoms with Crippen molar-refractivity contribution in [1.29, 1.82) is 0 Å². The topological polar surface area (TPSA) is 78.4 Å². The summed E-state index contributed by atoms with van der Waals surface area (Å²) < 4.78 is 21.0. The fraction of sp³-hybridized carbons (Fsp3) is 0.222. The van der Waals surface area contributed by atoms with Crippen LogP contribution in [0.1, 0.15) is 11.1 Å². The molecule has 1 amide bonds. The number of carbonyl (C=O) groups is 1. The number of rotatable bonds is 6. The van der Waals surface area contributed by atoms with Crippen molar-refractivity contribution in [2.24, 2.45) is 5.10 Å².